The Bertz CT molecular complexity index is 1080. The molecule has 3 aromatic rings. The van der Waals surface area contributed by atoms with Crippen LogP contribution in [-0.2, 0) is 22.6 Å². The molecule has 0 aliphatic carbocycles. The number of rotatable bonds is 5. The predicted molar refractivity (Wildman–Crippen MR) is 123 cm³/mol. The van der Waals surface area contributed by atoms with Gasteiger partial charge >= 0.3 is 6.09 Å². The van der Waals surface area contributed by atoms with Gasteiger partial charge in [0.05, 0.1) is 12.7 Å². The first kappa shape index (κ1) is 23.4. The van der Waals surface area contributed by atoms with Crippen molar-refractivity contribution in [2.24, 2.45) is 0 Å². The van der Waals surface area contributed by atoms with Gasteiger partial charge < -0.3 is 14.2 Å². The van der Waals surface area contributed by atoms with Crippen LogP contribution >= 0.6 is 15.9 Å². The second-order valence-corrected chi connectivity index (χ2v) is 10.4. The van der Waals surface area contributed by atoms with Crippen LogP contribution in [0.25, 0.3) is 11.3 Å². The quantitative estimate of drug-likeness (QED) is 0.399. The van der Waals surface area contributed by atoms with Gasteiger partial charge in [0.15, 0.2) is 4.90 Å². The molecule has 1 unspecified atom stereocenters. The number of carbonyl (C=O) groups is 1. The van der Waals surface area contributed by atoms with Crippen LogP contribution in [-0.4, -0.2) is 32.2 Å². The fourth-order valence-electron chi connectivity index (χ4n) is 2.95. The Balaban J connectivity index is 1.98. The van der Waals surface area contributed by atoms with E-state index in [-0.39, 0.29) is 6.54 Å². The monoisotopic (exact) mass is 506 g/mol. The molecule has 0 saturated carbocycles. The Morgan fingerprint density at radius 3 is 2.55 bits per heavy atom. The Kier molecular flexibility index (Phi) is 7.13. The first-order valence-electron chi connectivity index (χ1n) is 9.63. The van der Waals surface area contributed by atoms with Gasteiger partial charge in [-0.05, 0) is 56.7 Å². The maximum Gasteiger partial charge on any atom is 0.410 e. The topological polar surface area (TPSA) is 57.5 Å². The average molecular weight is 507 g/mol. The van der Waals surface area contributed by atoms with E-state index in [2.05, 4.69) is 15.9 Å². The molecule has 0 radical (unpaired) electrons. The van der Waals surface area contributed by atoms with Crippen LogP contribution in [0.2, 0.25) is 0 Å². The smallest absolute Gasteiger partial charge is 0.410 e. The van der Waals surface area contributed by atoms with Crippen molar-refractivity contribution in [2.45, 2.75) is 37.8 Å². The van der Waals surface area contributed by atoms with Gasteiger partial charge in [-0.2, -0.15) is 3.97 Å². The predicted octanol–water partition coefficient (Wildman–Crippen LogP) is 5.99. The van der Waals surface area contributed by atoms with E-state index in [1.54, 1.807) is 76.5 Å². The van der Waals surface area contributed by atoms with Gasteiger partial charge in [0.2, 0.25) is 0 Å². The molecule has 1 heterocycles. The molecule has 0 N–H and O–H groups in total. The Morgan fingerprint density at radius 2 is 1.90 bits per heavy atom. The standard InChI is InChI=1S/C23H24BrFN2O3S/c1-23(2,3)30-22(28)26(4)14-16-12-21(19-10-5-6-11-20(19)25)27(15-16)31(29)18-9-7-8-17(24)13-18/h5-13,15H,14H2,1-4H3. The third-order valence-electron chi connectivity index (χ3n) is 4.29. The number of benzene rings is 2. The van der Waals surface area contributed by atoms with Crippen LogP contribution in [0.15, 0.2) is 70.2 Å². The molecular formula is C23H24BrFN2O3S. The van der Waals surface area contributed by atoms with E-state index >= 15 is 0 Å². The lowest BCUT2D eigenvalue weighted by molar-refractivity contribution is 0.0285. The molecule has 3 rings (SSSR count). The summed E-state index contributed by atoms with van der Waals surface area (Å²) in [5.74, 6) is -0.417. The lowest BCUT2D eigenvalue weighted by atomic mass is 10.1. The molecule has 1 amide bonds. The van der Waals surface area contributed by atoms with Crippen molar-refractivity contribution in [1.82, 2.24) is 8.87 Å². The fraction of sp³-hybridized carbons (Fsp3) is 0.261. The Morgan fingerprint density at radius 1 is 1.19 bits per heavy atom. The molecule has 5 nitrogen and oxygen atoms in total. The molecule has 0 fully saturated rings. The van der Waals surface area contributed by atoms with Gasteiger partial charge in [0.1, 0.15) is 28.5 Å². The first-order chi connectivity index (χ1) is 14.5. The highest BCUT2D eigenvalue weighted by Crippen LogP contribution is 2.30. The minimum Gasteiger partial charge on any atom is -0.587 e. The Hall–Kier alpha value is -2.29. The summed E-state index contributed by atoms with van der Waals surface area (Å²) >= 11 is 1.78. The number of hydrogen-bond donors (Lipinski definition) is 0. The summed E-state index contributed by atoms with van der Waals surface area (Å²) in [6.45, 7) is 5.62. The third-order valence-corrected chi connectivity index (χ3v) is 6.10. The molecule has 2 aromatic carbocycles. The second kappa shape index (κ2) is 9.46. The summed E-state index contributed by atoms with van der Waals surface area (Å²) in [6, 6.07) is 15.2. The number of carbonyl (C=O) groups excluding carboxylic acids is 1. The summed E-state index contributed by atoms with van der Waals surface area (Å²) < 4.78 is 35.6. The summed E-state index contributed by atoms with van der Waals surface area (Å²) in [6.07, 6.45) is 1.21. The highest BCUT2D eigenvalue weighted by atomic mass is 79.9. The van der Waals surface area contributed by atoms with Gasteiger partial charge in [-0.1, -0.05) is 34.1 Å². The van der Waals surface area contributed by atoms with E-state index in [0.29, 0.717) is 21.7 Å². The molecule has 164 valence electrons. The number of ether oxygens (including phenoxy) is 1. The maximum atomic E-state index is 14.6. The van der Waals surface area contributed by atoms with Crippen LogP contribution < -0.4 is 0 Å². The van der Waals surface area contributed by atoms with Crippen molar-refractivity contribution >= 4 is 33.4 Å². The number of aromatic nitrogens is 1. The van der Waals surface area contributed by atoms with Crippen molar-refractivity contribution in [3.05, 3.63) is 76.6 Å². The van der Waals surface area contributed by atoms with Crippen LogP contribution in [0.3, 0.4) is 0 Å². The van der Waals surface area contributed by atoms with E-state index in [9.17, 15) is 13.7 Å². The van der Waals surface area contributed by atoms with E-state index in [1.807, 2.05) is 6.07 Å². The zero-order valence-corrected chi connectivity index (χ0v) is 20.2. The van der Waals surface area contributed by atoms with E-state index in [1.165, 1.54) is 14.9 Å². The average Bonchev–Trinajstić information content (AvgIpc) is 3.09. The van der Waals surface area contributed by atoms with E-state index in [0.717, 1.165) is 4.47 Å². The fourth-order valence-corrected chi connectivity index (χ4v) is 4.71. The lowest BCUT2D eigenvalue weighted by Gasteiger charge is -2.24. The second-order valence-electron chi connectivity index (χ2n) is 8.08. The van der Waals surface area contributed by atoms with Crippen LogP contribution in [0, 0.1) is 5.82 Å². The number of halogens is 2. The molecule has 0 spiro atoms. The number of amides is 1. The summed E-state index contributed by atoms with van der Waals surface area (Å²) in [4.78, 5) is 14.3. The Labute approximate surface area is 193 Å². The number of hydrogen-bond acceptors (Lipinski definition) is 3. The molecule has 0 aliphatic heterocycles. The highest BCUT2D eigenvalue weighted by molar-refractivity contribution is 9.10. The van der Waals surface area contributed by atoms with Crippen molar-refractivity contribution in [3.8, 4) is 11.3 Å². The third kappa shape index (κ3) is 5.90. The maximum absolute atomic E-state index is 14.6. The first-order valence-corrected chi connectivity index (χ1v) is 11.5. The molecule has 0 saturated heterocycles. The molecule has 0 bridgehead atoms. The normalized spacial score (nSPS) is 12.5. The number of nitrogens with zero attached hydrogens (tertiary/aromatic N) is 2. The summed E-state index contributed by atoms with van der Waals surface area (Å²) in [5.41, 5.74) is 0.883. The van der Waals surface area contributed by atoms with E-state index in [4.69, 9.17) is 4.74 Å². The van der Waals surface area contributed by atoms with Gasteiger partial charge in [-0.3, -0.25) is 0 Å². The van der Waals surface area contributed by atoms with Crippen molar-refractivity contribution in [1.29, 1.82) is 0 Å². The summed E-state index contributed by atoms with van der Waals surface area (Å²) in [7, 11) is 1.62. The zero-order valence-electron chi connectivity index (χ0n) is 17.8. The highest BCUT2D eigenvalue weighted by Gasteiger charge is 2.25. The molecule has 31 heavy (non-hydrogen) atoms. The molecule has 1 atom stereocenters. The molecule has 0 aliphatic rings. The summed E-state index contributed by atoms with van der Waals surface area (Å²) in [5, 5.41) is 0. The van der Waals surface area contributed by atoms with Crippen molar-refractivity contribution < 1.29 is 18.5 Å². The molecule has 8 heteroatoms. The largest absolute Gasteiger partial charge is 0.587 e. The van der Waals surface area contributed by atoms with E-state index < -0.39 is 28.9 Å². The van der Waals surface area contributed by atoms with Gasteiger partial charge in [-0.15, -0.1) is 0 Å². The molecule has 1 aromatic heterocycles. The van der Waals surface area contributed by atoms with Crippen molar-refractivity contribution in [2.75, 3.05) is 7.05 Å². The SMILES string of the molecule is CN(Cc1cc(-c2ccccc2F)n([S+]([O-])c2cccc(Br)c2)c1)C(=O)OC(C)(C)C. The van der Waals surface area contributed by atoms with Crippen LogP contribution in [0.4, 0.5) is 9.18 Å². The van der Waals surface area contributed by atoms with Gasteiger partial charge in [0, 0.05) is 23.2 Å². The van der Waals surface area contributed by atoms with Crippen LogP contribution in [0.1, 0.15) is 26.3 Å². The minimum absolute atomic E-state index is 0.221. The minimum atomic E-state index is -1.61. The zero-order chi connectivity index (χ0) is 22.8. The van der Waals surface area contributed by atoms with Crippen molar-refractivity contribution in [3.63, 3.8) is 0 Å². The van der Waals surface area contributed by atoms with Gasteiger partial charge in [-0.25, -0.2) is 9.18 Å². The lowest BCUT2D eigenvalue weighted by Crippen LogP contribution is -2.33. The van der Waals surface area contributed by atoms with Gasteiger partial charge in [0.25, 0.3) is 0 Å². The molecular weight excluding hydrogens is 483 g/mol. The van der Waals surface area contributed by atoms with Crippen LogP contribution in [0.5, 0.6) is 0 Å².